The predicted octanol–water partition coefficient (Wildman–Crippen LogP) is -2.30. The lowest BCUT2D eigenvalue weighted by Crippen LogP contribution is -2.37. The number of aromatic nitrogens is 2. The summed E-state index contributed by atoms with van der Waals surface area (Å²) >= 11 is 0. The lowest BCUT2D eigenvalue weighted by atomic mass is 9.99. The first-order valence-corrected chi connectivity index (χ1v) is 5.87. The minimum atomic E-state index is -1.15. The Morgan fingerprint density at radius 3 is 2.58 bits per heavy atom. The van der Waals surface area contributed by atoms with Crippen LogP contribution in [-0.2, 0) is 4.74 Å². The van der Waals surface area contributed by atoms with E-state index in [2.05, 4.69) is 4.98 Å². The highest BCUT2D eigenvalue weighted by Crippen LogP contribution is 2.32. The van der Waals surface area contributed by atoms with Crippen molar-refractivity contribution in [2.75, 3.05) is 13.2 Å². The molecule has 0 aromatic carbocycles. The van der Waals surface area contributed by atoms with Crippen molar-refractivity contribution < 1.29 is 20.1 Å². The number of hydrogen-bond acceptors (Lipinski definition) is 6. The Kier molecular flexibility index (Phi) is 3.85. The molecule has 0 amide bonds. The third kappa shape index (κ3) is 2.35. The molecular weight excluding hydrogens is 256 g/mol. The molecule has 0 bridgehead atoms. The first kappa shape index (κ1) is 13.9. The van der Waals surface area contributed by atoms with Crippen LogP contribution in [0.15, 0.2) is 15.8 Å². The summed E-state index contributed by atoms with van der Waals surface area (Å²) in [6.07, 6.45) is -1.67. The smallest absolute Gasteiger partial charge is 0.330 e. The fraction of sp³-hybridized carbons (Fsp3) is 0.636. The Hall–Kier alpha value is -1.48. The van der Waals surface area contributed by atoms with Crippen molar-refractivity contribution >= 4 is 0 Å². The van der Waals surface area contributed by atoms with Gasteiger partial charge in [0, 0.05) is 17.7 Å². The van der Waals surface area contributed by atoms with Crippen LogP contribution in [0.5, 0.6) is 0 Å². The topological polar surface area (TPSA) is 125 Å². The lowest BCUT2D eigenvalue weighted by molar-refractivity contribution is -0.0539. The molecular formula is C11H16N2O6. The molecule has 0 unspecified atom stereocenters. The summed E-state index contributed by atoms with van der Waals surface area (Å²) in [4.78, 5) is 25.1. The second-order valence-electron chi connectivity index (χ2n) is 4.56. The van der Waals surface area contributed by atoms with Crippen molar-refractivity contribution in [2.45, 2.75) is 25.4 Å². The summed E-state index contributed by atoms with van der Waals surface area (Å²) in [6, 6.07) is 0. The van der Waals surface area contributed by atoms with Gasteiger partial charge in [0.15, 0.2) is 6.23 Å². The van der Waals surface area contributed by atoms with Crippen LogP contribution in [0.4, 0.5) is 0 Å². The van der Waals surface area contributed by atoms with Crippen LogP contribution in [0, 0.1) is 12.8 Å². The fourth-order valence-electron chi connectivity index (χ4n) is 2.20. The zero-order chi connectivity index (χ0) is 14.2. The Morgan fingerprint density at radius 1 is 1.37 bits per heavy atom. The van der Waals surface area contributed by atoms with Crippen molar-refractivity contribution in [1.82, 2.24) is 9.55 Å². The number of nitrogens with one attached hydrogen (secondary N) is 1. The maximum Gasteiger partial charge on any atom is 0.330 e. The van der Waals surface area contributed by atoms with Crippen LogP contribution in [0.1, 0.15) is 11.8 Å². The van der Waals surface area contributed by atoms with Gasteiger partial charge in [-0.05, 0) is 6.92 Å². The summed E-state index contributed by atoms with van der Waals surface area (Å²) in [5, 5.41) is 28.3. The largest absolute Gasteiger partial charge is 0.396 e. The van der Waals surface area contributed by atoms with E-state index in [9.17, 15) is 19.8 Å². The molecule has 106 valence electrons. The van der Waals surface area contributed by atoms with Gasteiger partial charge in [-0.15, -0.1) is 0 Å². The molecule has 1 aliphatic rings. The van der Waals surface area contributed by atoms with Gasteiger partial charge in [-0.25, -0.2) is 4.79 Å². The van der Waals surface area contributed by atoms with Gasteiger partial charge >= 0.3 is 5.69 Å². The number of aliphatic hydroxyl groups excluding tert-OH is 3. The van der Waals surface area contributed by atoms with Gasteiger partial charge in [0.25, 0.3) is 5.56 Å². The van der Waals surface area contributed by atoms with E-state index in [1.54, 1.807) is 0 Å². The Bertz CT molecular complexity index is 565. The monoisotopic (exact) mass is 272 g/mol. The summed E-state index contributed by atoms with van der Waals surface area (Å²) in [5.41, 5.74) is -0.926. The van der Waals surface area contributed by atoms with E-state index in [-0.39, 0.29) is 13.2 Å². The molecule has 1 aromatic rings. The Morgan fingerprint density at radius 2 is 2.05 bits per heavy atom. The standard InChI is InChI=1S/C11H16N2O6/c1-5-2-13(11(18)12-9(5)17)10-8(16)6(3-14)7(4-15)19-10/h2,6-8,10,14-16H,3-4H2,1H3,(H,12,17,18)/t6-,7-,8-,10-/m0/s1. The molecule has 4 N–H and O–H groups in total. The van der Waals surface area contributed by atoms with Crippen molar-refractivity contribution in [3.63, 3.8) is 0 Å². The molecule has 19 heavy (non-hydrogen) atoms. The van der Waals surface area contributed by atoms with Crippen LogP contribution in [0.2, 0.25) is 0 Å². The van der Waals surface area contributed by atoms with Crippen LogP contribution in [-0.4, -0.2) is 50.3 Å². The zero-order valence-electron chi connectivity index (χ0n) is 10.3. The molecule has 1 saturated heterocycles. The molecule has 0 radical (unpaired) electrons. The second kappa shape index (κ2) is 5.25. The van der Waals surface area contributed by atoms with Gasteiger partial charge in [0.1, 0.15) is 6.10 Å². The first-order chi connectivity index (χ1) is 8.99. The quantitative estimate of drug-likeness (QED) is 0.490. The average Bonchev–Trinajstić information content (AvgIpc) is 2.70. The van der Waals surface area contributed by atoms with Gasteiger partial charge < -0.3 is 20.1 Å². The number of rotatable bonds is 3. The summed E-state index contributed by atoms with van der Waals surface area (Å²) in [7, 11) is 0. The average molecular weight is 272 g/mol. The molecule has 1 fully saturated rings. The van der Waals surface area contributed by atoms with Crippen LogP contribution in [0.3, 0.4) is 0 Å². The first-order valence-electron chi connectivity index (χ1n) is 5.87. The maximum atomic E-state index is 11.7. The van der Waals surface area contributed by atoms with Gasteiger partial charge in [-0.2, -0.15) is 0 Å². The highest BCUT2D eigenvalue weighted by atomic mass is 16.5. The van der Waals surface area contributed by atoms with Crippen LogP contribution in [0.25, 0.3) is 0 Å². The zero-order valence-corrected chi connectivity index (χ0v) is 10.3. The van der Waals surface area contributed by atoms with Crippen molar-refractivity contribution in [3.8, 4) is 0 Å². The molecule has 1 aromatic heterocycles. The maximum absolute atomic E-state index is 11.7. The SMILES string of the molecule is Cc1cn([C@H]2O[C@@H](CO)[C@H](CO)[C@@H]2O)c(=O)[nH]c1=O. The summed E-state index contributed by atoms with van der Waals surface area (Å²) in [5.74, 6) is -0.686. The number of hydrogen-bond donors (Lipinski definition) is 4. The number of ether oxygens (including phenoxy) is 1. The molecule has 8 nitrogen and oxygen atoms in total. The third-order valence-electron chi connectivity index (χ3n) is 3.33. The highest BCUT2D eigenvalue weighted by Gasteiger charge is 2.44. The van der Waals surface area contributed by atoms with Crippen molar-refractivity contribution in [1.29, 1.82) is 0 Å². The Labute approximate surface area is 107 Å². The number of nitrogens with zero attached hydrogens (tertiary/aromatic N) is 1. The van der Waals surface area contributed by atoms with Gasteiger partial charge in [0.2, 0.25) is 0 Å². The number of aromatic amines is 1. The second-order valence-corrected chi connectivity index (χ2v) is 4.56. The molecule has 1 aliphatic heterocycles. The summed E-state index contributed by atoms with van der Waals surface area (Å²) in [6.45, 7) is 0.763. The molecule has 0 spiro atoms. The predicted molar refractivity (Wildman–Crippen MR) is 63.6 cm³/mol. The van der Waals surface area contributed by atoms with E-state index in [1.807, 2.05) is 0 Å². The third-order valence-corrected chi connectivity index (χ3v) is 3.33. The Balaban J connectivity index is 2.41. The number of aryl methyl sites for hydroxylation is 1. The van der Waals surface area contributed by atoms with E-state index in [4.69, 9.17) is 9.84 Å². The van der Waals surface area contributed by atoms with E-state index in [0.29, 0.717) is 5.56 Å². The van der Waals surface area contributed by atoms with Crippen molar-refractivity contribution in [2.24, 2.45) is 5.92 Å². The summed E-state index contributed by atoms with van der Waals surface area (Å²) < 4.78 is 6.42. The lowest BCUT2D eigenvalue weighted by Gasteiger charge is -2.18. The number of aliphatic hydroxyl groups is 3. The van der Waals surface area contributed by atoms with E-state index < -0.39 is 35.6 Å². The molecule has 0 saturated carbocycles. The molecule has 4 atom stereocenters. The van der Waals surface area contributed by atoms with E-state index in [1.165, 1.54) is 13.1 Å². The minimum Gasteiger partial charge on any atom is -0.396 e. The molecule has 2 heterocycles. The highest BCUT2D eigenvalue weighted by molar-refractivity contribution is 5.03. The normalized spacial score (nSPS) is 30.7. The van der Waals surface area contributed by atoms with E-state index in [0.717, 1.165) is 4.57 Å². The van der Waals surface area contributed by atoms with Crippen LogP contribution < -0.4 is 11.2 Å². The van der Waals surface area contributed by atoms with Gasteiger partial charge in [-0.3, -0.25) is 14.3 Å². The van der Waals surface area contributed by atoms with Gasteiger partial charge in [-0.1, -0.05) is 0 Å². The van der Waals surface area contributed by atoms with Crippen LogP contribution >= 0.6 is 0 Å². The fourth-order valence-corrected chi connectivity index (χ4v) is 2.20. The van der Waals surface area contributed by atoms with Gasteiger partial charge in [0.05, 0.1) is 19.3 Å². The molecule has 0 aliphatic carbocycles. The molecule has 2 rings (SSSR count). The minimum absolute atomic E-state index is 0.295. The molecule has 8 heteroatoms. The number of H-pyrrole nitrogens is 1. The van der Waals surface area contributed by atoms with Crippen molar-refractivity contribution in [3.05, 3.63) is 32.6 Å². The van der Waals surface area contributed by atoms with E-state index >= 15 is 0 Å².